The number of carbonyl (C=O) groups is 2. The third kappa shape index (κ3) is 5.18. The molecule has 0 aliphatic heterocycles. The predicted octanol–water partition coefficient (Wildman–Crippen LogP) is 4.20. The number of benzene rings is 1. The molecule has 0 fully saturated rings. The Hall–Kier alpha value is -2.65. The number of nitrogens with one attached hydrogen (secondary N) is 2. The normalized spacial score (nSPS) is 10.6. The second-order valence-electron chi connectivity index (χ2n) is 5.53. The Kier molecular flexibility index (Phi) is 6.25. The topological polar surface area (TPSA) is 97.1 Å². The lowest BCUT2D eigenvalue weighted by molar-refractivity contribution is -0.114. The SMILES string of the molecule is CCc1cnc(CSc2cnc(NC(=O)c3ccccc3NC(C)=O)s2)o1. The maximum Gasteiger partial charge on any atom is 0.259 e. The summed E-state index contributed by atoms with van der Waals surface area (Å²) in [6.07, 6.45) is 4.25. The maximum absolute atomic E-state index is 12.5. The number of hydrogen-bond donors (Lipinski definition) is 2. The molecule has 0 spiro atoms. The number of aryl methyl sites for hydroxylation is 1. The van der Waals surface area contributed by atoms with Crippen LogP contribution in [0.3, 0.4) is 0 Å². The van der Waals surface area contributed by atoms with Gasteiger partial charge >= 0.3 is 0 Å². The number of carbonyl (C=O) groups excluding carboxylic acids is 2. The first-order valence-corrected chi connectivity index (χ1v) is 10.1. The highest BCUT2D eigenvalue weighted by atomic mass is 32.2. The molecule has 140 valence electrons. The van der Waals surface area contributed by atoms with E-state index in [-0.39, 0.29) is 11.8 Å². The van der Waals surface area contributed by atoms with Crippen LogP contribution in [0.2, 0.25) is 0 Å². The largest absolute Gasteiger partial charge is 0.445 e. The first kappa shape index (κ1) is 19.1. The summed E-state index contributed by atoms with van der Waals surface area (Å²) in [6, 6.07) is 6.83. The van der Waals surface area contributed by atoms with Crippen LogP contribution >= 0.6 is 23.1 Å². The highest BCUT2D eigenvalue weighted by Crippen LogP contribution is 2.31. The van der Waals surface area contributed by atoms with Crippen LogP contribution in [0.5, 0.6) is 0 Å². The van der Waals surface area contributed by atoms with Crippen molar-refractivity contribution >= 4 is 45.7 Å². The number of aromatic nitrogens is 2. The van der Waals surface area contributed by atoms with Gasteiger partial charge in [-0.25, -0.2) is 9.97 Å². The Morgan fingerprint density at radius 1 is 1.19 bits per heavy atom. The van der Waals surface area contributed by atoms with Gasteiger partial charge in [0.1, 0.15) is 5.76 Å². The van der Waals surface area contributed by atoms with E-state index in [2.05, 4.69) is 20.6 Å². The first-order valence-electron chi connectivity index (χ1n) is 8.25. The van der Waals surface area contributed by atoms with Gasteiger partial charge in [-0.1, -0.05) is 30.4 Å². The molecule has 2 heterocycles. The molecule has 27 heavy (non-hydrogen) atoms. The minimum absolute atomic E-state index is 0.235. The second kappa shape index (κ2) is 8.83. The number of amides is 2. The molecule has 1 aromatic carbocycles. The van der Waals surface area contributed by atoms with Crippen LogP contribution in [0.1, 0.15) is 35.9 Å². The number of rotatable bonds is 7. The molecule has 3 rings (SSSR count). The van der Waals surface area contributed by atoms with Crippen molar-refractivity contribution in [2.75, 3.05) is 10.6 Å². The van der Waals surface area contributed by atoms with E-state index in [0.29, 0.717) is 28.0 Å². The van der Waals surface area contributed by atoms with Crippen molar-refractivity contribution in [1.29, 1.82) is 0 Å². The molecule has 0 saturated carbocycles. The fourth-order valence-corrected chi connectivity index (χ4v) is 3.96. The smallest absolute Gasteiger partial charge is 0.259 e. The van der Waals surface area contributed by atoms with Crippen LogP contribution < -0.4 is 10.6 Å². The Morgan fingerprint density at radius 3 is 2.74 bits per heavy atom. The molecule has 0 aliphatic carbocycles. The molecule has 9 heteroatoms. The van der Waals surface area contributed by atoms with Crippen molar-refractivity contribution in [3.05, 3.63) is 53.9 Å². The van der Waals surface area contributed by atoms with E-state index in [1.54, 1.807) is 48.4 Å². The Bertz CT molecular complexity index is 951. The lowest BCUT2D eigenvalue weighted by atomic mass is 10.1. The third-order valence-electron chi connectivity index (χ3n) is 3.48. The molecule has 2 amide bonds. The van der Waals surface area contributed by atoms with Crippen LogP contribution in [-0.4, -0.2) is 21.8 Å². The lowest BCUT2D eigenvalue weighted by Gasteiger charge is -2.08. The molecule has 0 saturated heterocycles. The van der Waals surface area contributed by atoms with Gasteiger partial charge in [0.25, 0.3) is 5.91 Å². The minimum atomic E-state index is -0.328. The van der Waals surface area contributed by atoms with E-state index in [0.717, 1.165) is 16.4 Å². The molecule has 7 nitrogen and oxygen atoms in total. The summed E-state index contributed by atoms with van der Waals surface area (Å²) in [4.78, 5) is 32.3. The van der Waals surface area contributed by atoms with Gasteiger partial charge < -0.3 is 9.73 Å². The van der Waals surface area contributed by atoms with Crippen molar-refractivity contribution in [2.24, 2.45) is 0 Å². The molecule has 0 atom stereocenters. The summed E-state index contributed by atoms with van der Waals surface area (Å²) in [5.41, 5.74) is 0.841. The van der Waals surface area contributed by atoms with E-state index in [1.807, 2.05) is 6.92 Å². The molecule has 2 N–H and O–H groups in total. The number of thiazole rings is 1. The highest BCUT2D eigenvalue weighted by Gasteiger charge is 2.14. The van der Waals surface area contributed by atoms with Gasteiger partial charge in [0.15, 0.2) is 5.13 Å². The average molecular weight is 403 g/mol. The maximum atomic E-state index is 12.5. The standard InChI is InChI=1S/C18H18N4O3S2/c1-3-12-8-19-15(25-12)10-26-16-9-20-18(27-16)22-17(24)13-6-4-5-7-14(13)21-11(2)23/h4-9H,3,10H2,1-2H3,(H,21,23)(H,20,22,24). The summed E-state index contributed by atoms with van der Waals surface area (Å²) >= 11 is 2.91. The van der Waals surface area contributed by atoms with E-state index in [4.69, 9.17) is 4.42 Å². The quantitative estimate of drug-likeness (QED) is 0.575. The number of hydrogen-bond acceptors (Lipinski definition) is 7. The number of para-hydroxylation sites is 1. The summed E-state index contributed by atoms with van der Waals surface area (Å²) in [7, 11) is 0. The van der Waals surface area contributed by atoms with Gasteiger partial charge in [-0.05, 0) is 12.1 Å². The van der Waals surface area contributed by atoms with Gasteiger partial charge in [0.2, 0.25) is 11.8 Å². The van der Waals surface area contributed by atoms with Crippen LogP contribution in [0.4, 0.5) is 10.8 Å². The zero-order chi connectivity index (χ0) is 19.2. The summed E-state index contributed by atoms with van der Waals surface area (Å²) < 4.78 is 6.52. The summed E-state index contributed by atoms with van der Waals surface area (Å²) in [5, 5.41) is 5.91. The zero-order valence-electron chi connectivity index (χ0n) is 14.8. The first-order chi connectivity index (χ1) is 13.0. The van der Waals surface area contributed by atoms with E-state index < -0.39 is 0 Å². The van der Waals surface area contributed by atoms with Crippen molar-refractivity contribution in [3.8, 4) is 0 Å². The van der Waals surface area contributed by atoms with Crippen LogP contribution in [0, 0.1) is 0 Å². The molecular weight excluding hydrogens is 384 g/mol. The van der Waals surface area contributed by atoms with E-state index >= 15 is 0 Å². The van der Waals surface area contributed by atoms with Gasteiger partial charge in [-0.3, -0.25) is 14.9 Å². The molecule has 0 unspecified atom stereocenters. The Morgan fingerprint density at radius 2 is 2.00 bits per heavy atom. The van der Waals surface area contributed by atoms with E-state index in [1.165, 1.54) is 18.3 Å². The van der Waals surface area contributed by atoms with Gasteiger partial charge in [0.05, 0.1) is 33.6 Å². The van der Waals surface area contributed by atoms with Crippen molar-refractivity contribution in [2.45, 2.75) is 30.2 Å². The Balaban J connectivity index is 1.62. The molecular formula is C18H18N4O3S2. The average Bonchev–Trinajstić information content (AvgIpc) is 3.29. The van der Waals surface area contributed by atoms with Crippen LogP contribution in [0.25, 0.3) is 0 Å². The number of oxazole rings is 1. The number of nitrogens with zero attached hydrogens (tertiary/aromatic N) is 2. The highest BCUT2D eigenvalue weighted by molar-refractivity contribution is 8.00. The lowest BCUT2D eigenvalue weighted by Crippen LogP contribution is -2.16. The number of anilines is 2. The van der Waals surface area contributed by atoms with Crippen molar-refractivity contribution in [3.63, 3.8) is 0 Å². The van der Waals surface area contributed by atoms with Gasteiger partial charge in [-0.2, -0.15) is 0 Å². The summed E-state index contributed by atoms with van der Waals surface area (Å²) in [6.45, 7) is 3.41. The molecule has 3 aromatic rings. The van der Waals surface area contributed by atoms with E-state index in [9.17, 15) is 9.59 Å². The zero-order valence-corrected chi connectivity index (χ0v) is 16.4. The molecule has 0 bridgehead atoms. The number of thioether (sulfide) groups is 1. The molecule has 2 aromatic heterocycles. The third-order valence-corrected chi connectivity index (χ3v) is 5.57. The van der Waals surface area contributed by atoms with Crippen LogP contribution in [0.15, 0.2) is 45.3 Å². The van der Waals surface area contributed by atoms with Crippen LogP contribution in [-0.2, 0) is 17.0 Å². The minimum Gasteiger partial charge on any atom is -0.445 e. The molecule has 0 radical (unpaired) electrons. The Labute approximate surface area is 164 Å². The van der Waals surface area contributed by atoms with Crippen molar-refractivity contribution in [1.82, 2.24) is 9.97 Å². The van der Waals surface area contributed by atoms with Crippen molar-refractivity contribution < 1.29 is 14.0 Å². The fourth-order valence-electron chi connectivity index (χ4n) is 2.24. The van der Waals surface area contributed by atoms with Gasteiger partial charge in [-0.15, -0.1) is 11.8 Å². The second-order valence-corrected chi connectivity index (χ2v) is 7.83. The fraction of sp³-hybridized carbons (Fsp3) is 0.222. The summed E-state index contributed by atoms with van der Waals surface area (Å²) in [5.74, 6) is 1.56. The van der Waals surface area contributed by atoms with Gasteiger partial charge in [0, 0.05) is 13.3 Å². The monoisotopic (exact) mass is 402 g/mol. The molecule has 0 aliphatic rings. The predicted molar refractivity (Wildman–Crippen MR) is 106 cm³/mol.